The Morgan fingerprint density at radius 3 is 1.40 bits per heavy atom. The van der Waals surface area contributed by atoms with E-state index < -0.39 is 148 Å². The van der Waals surface area contributed by atoms with Crippen molar-refractivity contribution in [3.8, 4) is 0 Å². The minimum absolute atomic E-state index is 0.229. The maximum absolute atomic E-state index is 13.5. The maximum atomic E-state index is 13.5. The van der Waals surface area contributed by atoms with E-state index in [-0.39, 0.29) is 18.9 Å². The summed E-state index contributed by atoms with van der Waals surface area (Å²) in [6, 6.07) is -2.52. The molecule has 0 aromatic carbocycles. The lowest BCUT2D eigenvalue weighted by atomic mass is 9.88. The summed E-state index contributed by atoms with van der Waals surface area (Å²) in [6.07, 6.45) is 13.8. The number of unbranched alkanes of at least 4 members (excludes halogenated alkanes) is 33. The first-order valence-corrected chi connectivity index (χ1v) is 34.9. The number of hydrogen-bond donors (Lipinski definition) is 14. The fourth-order valence-electron chi connectivity index (χ4n) is 12.5. The monoisotopic (exact) mass is 1280 g/mol. The van der Waals surface area contributed by atoms with E-state index in [0.717, 1.165) is 51.9 Å². The topological polar surface area (TPSA) is 373 Å². The number of hydrogen-bond acceptors (Lipinski definition) is 20. The van der Waals surface area contributed by atoms with Crippen LogP contribution < -0.4 is 10.6 Å². The molecule has 0 aromatic rings. The van der Waals surface area contributed by atoms with Crippen LogP contribution in [0.1, 0.15) is 265 Å². The number of nitrogens with one attached hydrogen (secondary N) is 2. The van der Waals surface area contributed by atoms with Crippen molar-refractivity contribution in [3.05, 3.63) is 0 Å². The second-order valence-electron chi connectivity index (χ2n) is 25.8. The lowest BCUT2D eigenvalue weighted by Gasteiger charge is -2.50. The number of carbonyl (C=O) groups excluding carboxylic acids is 2. The average Bonchev–Trinajstić information content (AvgIpc) is 1.81. The minimum Gasteiger partial charge on any atom is -0.477 e. The lowest BCUT2D eigenvalue weighted by Crippen LogP contribution is -2.70. The van der Waals surface area contributed by atoms with Crippen molar-refractivity contribution < 1.29 is 104 Å². The van der Waals surface area contributed by atoms with Gasteiger partial charge in [-0.2, -0.15) is 0 Å². The third kappa shape index (κ3) is 30.3. The molecule has 3 saturated heterocycles. The molecule has 0 saturated carbocycles. The summed E-state index contributed by atoms with van der Waals surface area (Å²) in [4.78, 5) is 38.5. The van der Waals surface area contributed by atoms with Crippen molar-refractivity contribution in [1.29, 1.82) is 0 Å². The molecule has 0 spiro atoms. The molecule has 18 atom stereocenters. The SMILES string of the molecule is CCCCCCCCCCCCCCCCCCCCC(O)C(COC1OC(CO)C(OC2OC(CO)C(O)C(OC3(C(=O)O)CC(O)C(NC(C)=O)C(C(O)C(O)CO)O3)C2O)C(O)C1O)NC(=O)CCCCCCCCCCCCCCCCCCC. The summed E-state index contributed by atoms with van der Waals surface area (Å²) >= 11 is 0. The molecule has 0 aliphatic carbocycles. The first kappa shape index (κ1) is 81.0. The predicted molar refractivity (Wildman–Crippen MR) is 334 cm³/mol. The van der Waals surface area contributed by atoms with Crippen molar-refractivity contribution in [2.24, 2.45) is 0 Å². The highest BCUT2D eigenvalue weighted by Gasteiger charge is 2.60. The second-order valence-corrected chi connectivity index (χ2v) is 25.8. The Balaban J connectivity index is 1.60. The number of aliphatic hydroxyl groups excluding tert-OH is 11. The van der Waals surface area contributed by atoms with Gasteiger partial charge in [-0.25, -0.2) is 4.79 Å². The molecule has 2 amide bonds. The van der Waals surface area contributed by atoms with Gasteiger partial charge in [0.15, 0.2) is 12.6 Å². The van der Waals surface area contributed by atoms with Gasteiger partial charge in [-0.3, -0.25) is 9.59 Å². The van der Waals surface area contributed by atoms with Crippen molar-refractivity contribution >= 4 is 17.8 Å². The van der Waals surface area contributed by atoms with Crippen molar-refractivity contribution in [2.45, 2.75) is 375 Å². The number of carboxylic acids is 1. The Morgan fingerprint density at radius 1 is 0.539 bits per heavy atom. The van der Waals surface area contributed by atoms with Crippen molar-refractivity contribution in [3.63, 3.8) is 0 Å². The highest BCUT2D eigenvalue weighted by molar-refractivity contribution is 5.77. The van der Waals surface area contributed by atoms with Gasteiger partial charge in [0.2, 0.25) is 11.8 Å². The third-order valence-electron chi connectivity index (χ3n) is 18.1. The van der Waals surface area contributed by atoms with E-state index >= 15 is 0 Å². The second kappa shape index (κ2) is 47.6. The smallest absolute Gasteiger partial charge is 0.364 e. The Hall–Kier alpha value is -2.27. The highest BCUT2D eigenvalue weighted by Crippen LogP contribution is 2.39. The summed E-state index contributed by atoms with van der Waals surface area (Å²) in [6.45, 7) is 2.23. The van der Waals surface area contributed by atoms with Gasteiger partial charge in [0.25, 0.3) is 5.79 Å². The Kier molecular flexibility index (Phi) is 43.3. The molecule has 0 radical (unpaired) electrons. The quantitative estimate of drug-likeness (QED) is 0.0305. The van der Waals surface area contributed by atoms with Crippen LogP contribution in [0.2, 0.25) is 0 Å². The third-order valence-corrected chi connectivity index (χ3v) is 18.1. The molecular formula is C66H124N2O21. The normalized spacial score (nSPS) is 28.7. The van der Waals surface area contributed by atoms with E-state index in [0.29, 0.717) is 19.3 Å². The van der Waals surface area contributed by atoms with E-state index in [9.17, 15) is 75.7 Å². The van der Waals surface area contributed by atoms with Gasteiger partial charge in [0.05, 0.1) is 50.7 Å². The number of amides is 2. The molecule has 0 aromatic heterocycles. The molecule has 0 bridgehead atoms. The number of carboxylic acid groups (broad SMARTS) is 1. The van der Waals surface area contributed by atoms with Crippen LogP contribution in [0.5, 0.6) is 0 Å². The Bertz CT molecular complexity index is 1810. The van der Waals surface area contributed by atoms with Gasteiger partial charge in [0, 0.05) is 19.8 Å². The summed E-state index contributed by atoms with van der Waals surface area (Å²) < 4.78 is 34.9. The molecule has 3 aliphatic heterocycles. The van der Waals surface area contributed by atoms with Crippen molar-refractivity contribution in [2.75, 3.05) is 26.4 Å². The molecule has 23 nitrogen and oxygen atoms in total. The molecule has 89 heavy (non-hydrogen) atoms. The van der Waals surface area contributed by atoms with Crippen LogP contribution in [0.15, 0.2) is 0 Å². The number of aliphatic hydroxyl groups is 11. The predicted octanol–water partition coefficient (Wildman–Crippen LogP) is 6.12. The van der Waals surface area contributed by atoms with E-state index in [1.807, 2.05) is 0 Å². The van der Waals surface area contributed by atoms with Crippen LogP contribution in [0, 0.1) is 0 Å². The first-order valence-electron chi connectivity index (χ1n) is 34.9. The summed E-state index contributed by atoms with van der Waals surface area (Å²) in [5, 5.41) is 136. The molecular weight excluding hydrogens is 1160 g/mol. The lowest BCUT2D eigenvalue weighted by molar-refractivity contribution is -0.386. The van der Waals surface area contributed by atoms with Gasteiger partial charge < -0.3 is 100 Å². The average molecular weight is 1280 g/mol. The van der Waals surface area contributed by atoms with E-state index in [1.165, 1.54) is 167 Å². The van der Waals surface area contributed by atoms with Gasteiger partial charge in [-0.05, 0) is 12.8 Å². The fourth-order valence-corrected chi connectivity index (χ4v) is 12.5. The Labute approximate surface area is 531 Å². The zero-order valence-electron chi connectivity index (χ0n) is 54.6. The van der Waals surface area contributed by atoms with Gasteiger partial charge >= 0.3 is 5.97 Å². The fraction of sp³-hybridized carbons (Fsp3) is 0.955. The van der Waals surface area contributed by atoms with E-state index in [1.54, 1.807) is 0 Å². The molecule has 23 heteroatoms. The number of aliphatic carboxylic acids is 1. The Morgan fingerprint density at radius 2 is 0.978 bits per heavy atom. The molecule has 3 rings (SSSR count). The zero-order chi connectivity index (χ0) is 65.4. The molecule has 524 valence electrons. The zero-order valence-corrected chi connectivity index (χ0v) is 54.6. The van der Waals surface area contributed by atoms with Gasteiger partial charge in [-0.1, -0.05) is 232 Å². The molecule has 3 heterocycles. The molecule has 14 N–H and O–H groups in total. The first-order chi connectivity index (χ1) is 42.9. The van der Waals surface area contributed by atoms with Crippen LogP contribution in [-0.4, -0.2) is 215 Å². The minimum atomic E-state index is -3.08. The number of carbonyl (C=O) groups is 3. The van der Waals surface area contributed by atoms with Crippen LogP contribution >= 0.6 is 0 Å². The van der Waals surface area contributed by atoms with Gasteiger partial charge in [0.1, 0.15) is 67.1 Å². The highest BCUT2D eigenvalue weighted by atomic mass is 16.8. The van der Waals surface area contributed by atoms with Crippen LogP contribution in [0.3, 0.4) is 0 Å². The summed E-state index contributed by atoms with van der Waals surface area (Å²) in [5.74, 6) is -6.09. The largest absolute Gasteiger partial charge is 0.477 e. The standard InChI is InChI=1S/C66H124N2O21/c1-4-6-8-10-12-14-16-18-20-22-24-25-27-29-31-33-35-37-39-48(73)47(68-53(76)40-38-36-34-32-30-28-26-23-21-19-17-15-13-11-9-7-5-2)45-84-63-58(80)57(79)60(52(44-71)86-63)87-64-59(81)62(56(78)51(43-70)85-64)89-66(65(82)83)41-49(74)54(67-46(3)72)61(88-66)55(77)50(75)42-69/h47-52,54-64,69-71,73-75,77-81H,4-45H2,1-3H3,(H,67,72)(H,68,76)(H,82,83). The molecule has 3 aliphatic rings. The van der Waals surface area contributed by atoms with Crippen LogP contribution in [0.4, 0.5) is 0 Å². The number of rotatable bonds is 53. The summed E-state index contributed by atoms with van der Waals surface area (Å²) in [5.41, 5.74) is 0. The number of ether oxygens (including phenoxy) is 6. The van der Waals surface area contributed by atoms with Crippen LogP contribution in [0.25, 0.3) is 0 Å². The van der Waals surface area contributed by atoms with E-state index in [4.69, 9.17) is 28.4 Å². The van der Waals surface area contributed by atoms with Crippen LogP contribution in [-0.2, 0) is 42.8 Å². The summed E-state index contributed by atoms with van der Waals surface area (Å²) in [7, 11) is 0. The van der Waals surface area contributed by atoms with Gasteiger partial charge in [-0.15, -0.1) is 0 Å². The van der Waals surface area contributed by atoms with E-state index in [2.05, 4.69) is 24.5 Å². The van der Waals surface area contributed by atoms with Crippen molar-refractivity contribution in [1.82, 2.24) is 10.6 Å². The molecule has 3 fully saturated rings. The maximum Gasteiger partial charge on any atom is 0.364 e. The molecule has 18 unspecified atom stereocenters.